The molecular weight excluding hydrogens is 380 g/mol. The Morgan fingerprint density at radius 1 is 0.387 bits per heavy atom. The summed E-state index contributed by atoms with van der Waals surface area (Å²) in [6, 6.07) is 0. The van der Waals surface area contributed by atoms with E-state index < -0.39 is 0 Å². The maximum absolute atomic E-state index is 5.73. The molecule has 0 fully saturated rings. The number of unbranched alkanes of at least 4 members (excludes halogenated alkanes) is 14. The van der Waals surface area contributed by atoms with Crippen molar-refractivity contribution in [2.24, 2.45) is 0 Å². The summed E-state index contributed by atoms with van der Waals surface area (Å²) in [5.74, 6) is 0. The van der Waals surface area contributed by atoms with Crippen LogP contribution in [-0.4, -0.2) is 26.4 Å². The minimum absolute atomic E-state index is 0.858. The van der Waals surface area contributed by atoms with Gasteiger partial charge in [-0.3, -0.25) is 0 Å². The molecule has 0 saturated heterocycles. The van der Waals surface area contributed by atoms with Gasteiger partial charge in [0.15, 0.2) is 0 Å². The Morgan fingerprint density at radius 3 is 1.32 bits per heavy atom. The van der Waals surface area contributed by atoms with Gasteiger partial charge in [0.25, 0.3) is 0 Å². The van der Waals surface area contributed by atoms with Gasteiger partial charge in [0.05, 0.1) is 0 Å². The van der Waals surface area contributed by atoms with Crippen molar-refractivity contribution in [2.75, 3.05) is 26.4 Å². The van der Waals surface area contributed by atoms with Crippen molar-refractivity contribution in [3.05, 3.63) is 24.3 Å². The molecule has 0 heterocycles. The second-order valence-corrected chi connectivity index (χ2v) is 8.93. The quantitative estimate of drug-likeness (QED) is 0.0992. The summed E-state index contributed by atoms with van der Waals surface area (Å²) in [5.41, 5.74) is 0. The molecule has 0 rings (SSSR count). The predicted molar refractivity (Wildman–Crippen MR) is 139 cm³/mol. The summed E-state index contributed by atoms with van der Waals surface area (Å²) in [6.07, 6.45) is 34.0. The third kappa shape index (κ3) is 29.4. The average molecular weight is 437 g/mol. The molecule has 0 aliphatic heterocycles. The van der Waals surface area contributed by atoms with E-state index in [0.29, 0.717) is 0 Å². The molecular formula is C29H56O2. The monoisotopic (exact) mass is 436 g/mol. The molecule has 0 N–H and O–H groups in total. The van der Waals surface area contributed by atoms with Gasteiger partial charge in [-0.2, -0.15) is 0 Å². The standard InChI is InChI=1S/C29H56O2/c1-3-5-7-9-11-12-13-14-15-16-17-18-19-20-22-24-27-31-29-25-28-30-26-23-21-10-8-6-4-2/h11-12,14-15H,3-10,13,16-29H2,1-2H3/b12-11-,15-14-. The molecule has 0 aromatic rings. The second kappa shape index (κ2) is 29.4. The highest BCUT2D eigenvalue weighted by atomic mass is 16.5. The Bertz CT molecular complexity index is 362. The van der Waals surface area contributed by atoms with Crippen LogP contribution in [0.25, 0.3) is 0 Å². The Balaban J connectivity index is 3.08. The zero-order valence-electron chi connectivity index (χ0n) is 21.4. The van der Waals surface area contributed by atoms with Crippen LogP contribution in [0.1, 0.15) is 136 Å². The lowest BCUT2D eigenvalue weighted by molar-refractivity contribution is 0.0794. The van der Waals surface area contributed by atoms with Crippen molar-refractivity contribution in [3.8, 4) is 0 Å². The van der Waals surface area contributed by atoms with Gasteiger partial charge in [0.1, 0.15) is 0 Å². The molecule has 0 bridgehead atoms. The normalized spacial score (nSPS) is 11.9. The van der Waals surface area contributed by atoms with Crippen LogP contribution in [0.15, 0.2) is 24.3 Å². The van der Waals surface area contributed by atoms with Crippen LogP contribution in [0.2, 0.25) is 0 Å². The summed E-state index contributed by atoms with van der Waals surface area (Å²) in [5, 5.41) is 0. The topological polar surface area (TPSA) is 18.5 Å². The first-order valence-corrected chi connectivity index (χ1v) is 13.9. The fourth-order valence-electron chi connectivity index (χ4n) is 3.64. The zero-order valence-corrected chi connectivity index (χ0v) is 21.4. The van der Waals surface area contributed by atoms with Gasteiger partial charge in [-0.15, -0.1) is 0 Å². The number of allylic oxidation sites excluding steroid dienone is 4. The van der Waals surface area contributed by atoms with Crippen LogP contribution in [0.5, 0.6) is 0 Å². The van der Waals surface area contributed by atoms with E-state index in [1.54, 1.807) is 0 Å². The molecule has 0 saturated carbocycles. The predicted octanol–water partition coefficient (Wildman–Crippen LogP) is 9.58. The third-order valence-corrected chi connectivity index (χ3v) is 5.71. The van der Waals surface area contributed by atoms with Gasteiger partial charge in [-0.25, -0.2) is 0 Å². The van der Waals surface area contributed by atoms with E-state index in [2.05, 4.69) is 38.2 Å². The molecule has 0 aliphatic carbocycles. The zero-order chi connectivity index (χ0) is 22.5. The smallest absolute Gasteiger partial charge is 0.0487 e. The van der Waals surface area contributed by atoms with Crippen LogP contribution in [-0.2, 0) is 9.47 Å². The molecule has 0 aromatic carbocycles. The minimum Gasteiger partial charge on any atom is -0.381 e. The summed E-state index contributed by atoms with van der Waals surface area (Å²) in [4.78, 5) is 0. The Morgan fingerprint density at radius 2 is 0.774 bits per heavy atom. The highest BCUT2D eigenvalue weighted by Crippen LogP contribution is 2.08. The van der Waals surface area contributed by atoms with Crippen molar-refractivity contribution in [2.45, 2.75) is 136 Å². The number of hydrogen-bond donors (Lipinski definition) is 0. The van der Waals surface area contributed by atoms with Crippen LogP contribution in [0.4, 0.5) is 0 Å². The number of ether oxygens (including phenoxy) is 2. The fraction of sp³-hybridized carbons (Fsp3) is 0.862. The lowest BCUT2D eigenvalue weighted by Crippen LogP contribution is -2.03. The van der Waals surface area contributed by atoms with E-state index in [1.165, 1.54) is 109 Å². The second-order valence-electron chi connectivity index (χ2n) is 8.93. The molecule has 0 unspecified atom stereocenters. The summed E-state index contributed by atoms with van der Waals surface area (Å²) >= 11 is 0. The van der Waals surface area contributed by atoms with E-state index in [4.69, 9.17) is 9.47 Å². The van der Waals surface area contributed by atoms with E-state index in [-0.39, 0.29) is 0 Å². The first-order valence-electron chi connectivity index (χ1n) is 13.9. The average Bonchev–Trinajstić information content (AvgIpc) is 2.78. The molecule has 0 aliphatic rings. The van der Waals surface area contributed by atoms with Gasteiger partial charge in [0, 0.05) is 26.4 Å². The van der Waals surface area contributed by atoms with Crippen LogP contribution in [0, 0.1) is 0 Å². The van der Waals surface area contributed by atoms with E-state index in [1.807, 2.05) is 0 Å². The highest BCUT2D eigenvalue weighted by Gasteiger charge is 1.94. The maximum Gasteiger partial charge on any atom is 0.0487 e. The van der Waals surface area contributed by atoms with Gasteiger partial charge >= 0.3 is 0 Å². The van der Waals surface area contributed by atoms with Crippen molar-refractivity contribution in [1.29, 1.82) is 0 Å². The minimum atomic E-state index is 0.858. The lowest BCUT2D eigenvalue weighted by Gasteiger charge is -2.06. The SMILES string of the molecule is CCCCC/C=C\C/C=C\CCCCCCCCOCCCOCCCCCCCC. The number of hydrogen-bond acceptors (Lipinski definition) is 2. The summed E-state index contributed by atoms with van der Waals surface area (Å²) in [6.45, 7) is 8.10. The Hall–Kier alpha value is -0.600. The molecule has 0 amide bonds. The van der Waals surface area contributed by atoms with Crippen molar-refractivity contribution >= 4 is 0 Å². The van der Waals surface area contributed by atoms with E-state index in [0.717, 1.165) is 39.3 Å². The summed E-state index contributed by atoms with van der Waals surface area (Å²) in [7, 11) is 0. The molecule has 0 radical (unpaired) electrons. The molecule has 2 nitrogen and oxygen atoms in total. The fourth-order valence-corrected chi connectivity index (χ4v) is 3.64. The Labute approximate surface area is 196 Å². The first kappa shape index (κ1) is 30.4. The van der Waals surface area contributed by atoms with Crippen molar-refractivity contribution in [3.63, 3.8) is 0 Å². The molecule has 0 aromatic heterocycles. The Kier molecular flexibility index (Phi) is 28.8. The van der Waals surface area contributed by atoms with E-state index in [9.17, 15) is 0 Å². The van der Waals surface area contributed by atoms with Crippen LogP contribution in [0.3, 0.4) is 0 Å². The lowest BCUT2D eigenvalue weighted by atomic mass is 10.1. The maximum atomic E-state index is 5.73. The first-order chi connectivity index (χ1) is 15.4. The van der Waals surface area contributed by atoms with Crippen LogP contribution >= 0.6 is 0 Å². The number of rotatable bonds is 26. The van der Waals surface area contributed by atoms with Crippen molar-refractivity contribution < 1.29 is 9.47 Å². The molecule has 31 heavy (non-hydrogen) atoms. The van der Waals surface area contributed by atoms with Gasteiger partial charge in [-0.1, -0.05) is 109 Å². The van der Waals surface area contributed by atoms with Crippen LogP contribution < -0.4 is 0 Å². The van der Waals surface area contributed by atoms with Gasteiger partial charge in [0.2, 0.25) is 0 Å². The highest BCUT2D eigenvalue weighted by molar-refractivity contribution is 4.92. The third-order valence-electron chi connectivity index (χ3n) is 5.71. The van der Waals surface area contributed by atoms with Gasteiger partial charge < -0.3 is 9.47 Å². The van der Waals surface area contributed by atoms with Crippen molar-refractivity contribution in [1.82, 2.24) is 0 Å². The molecule has 0 spiro atoms. The van der Waals surface area contributed by atoms with E-state index >= 15 is 0 Å². The summed E-state index contributed by atoms with van der Waals surface area (Å²) < 4.78 is 11.4. The molecule has 184 valence electrons. The van der Waals surface area contributed by atoms with Gasteiger partial charge in [-0.05, 0) is 51.4 Å². The molecule has 0 atom stereocenters. The molecule has 2 heteroatoms. The largest absolute Gasteiger partial charge is 0.381 e.